The Morgan fingerprint density at radius 1 is 1.21 bits per heavy atom. The number of benzene rings is 2. The predicted molar refractivity (Wildman–Crippen MR) is 104 cm³/mol. The van der Waals surface area contributed by atoms with Gasteiger partial charge < -0.3 is 20.3 Å². The molecule has 5 heteroatoms. The second kappa shape index (κ2) is 8.02. The highest BCUT2D eigenvalue weighted by molar-refractivity contribution is 7.80. The molecule has 0 spiro atoms. The Morgan fingerprint density at radius 2 is 2.08 bits per heavy atom. The fourth-order valence-electron chi connectivity index (χ4n) is 2.99. The second-order valence-electron chi connectivity index (χ2n) is 5.83. The molecule has 0 amide bonds. The minimum atomic E-state index is 0.644. The van der Waals surface area contributed by atoms with E-state index in [0.29, 0.717) is 5.11 Å². The minimum absolute atomic E-state index is 0.644. The number of rotatable bonds is 6. The molecule has 0 radical (unpaired) electrons. The molecule has 0 unspecified atom stereocenters. The summed E-state index contributed by atoms with van der Waals surface area (Å²) in [5, 5.41) is 7.10. The third-order valence-corrected chi connectivity index (χ3v) is 4.45. The quantitative estimate of drug-likeness (QED) is 0.622. The summed E-state index contributed by atoms with van der Waals surface area (Å²) in [6, 6.07) is 16.4. The lowest BCUT2D eigenvalue weighted by Crippen LogP contribution is -2.32. The van der Waals surface area contributed by atoms with E-state index in [1.165, 1.54) is 11.3 Å². The fourth-order valence-corrected chi connectivity index (χ4v) is 3.21. The average molecular weight is 341 g/mol. The highest BCUT2D eigenvalue weighted by Gasteiger charge is 2.17. The highest BCUT2D eigenvalue weighted by atomic mass is 32.1. The van der Waals surface area contributed by atoms with Crippen molar-refractivity contribution in [2.45, 2.75) is 12.8 Å². The molecule has 0 atom stereocenters. The molecule has 2 aromatic rings. The van der Waals surface area contributed by atoms with Crippen molar-refractivity contribution in [2.75, 3.05) is 37.0 Å². The summed E-state index contributed by atoms with van der Waals surface area (Å²) >= 11 is 5.35. The molecule has 0 bridgehead atoms. The van der Waals surface area contributed by atoms with E-state index >= 15 is 0 Å². The molecule has 0 fully saturated rings. The van der Waals surface area contributed by atoms with Crippen molar-refractivity contribution < 1.29 is 4.74 Å². The normalized spacial score (nSPS) is 12.6. The first kappa shape index (κ1) is 16.6. The van der Waals surface area contributed by atoms with Crippen LogP contribution in [0.25, 0.3) is 0 Å². The van der Waals surface area contributed by atoms with Gasteiger partial charge in [0.25, 0.3) is 0 Å². The van der Waals surface area contributed by atoms with Crippen LogP contribution in [0.1, 0.15) is 12.0 Å². The molecule has 2 aromatic carbocycles. The molecular weight excluding hydrogens is 318 g/mol. The Labute approximate surface area is 148 Å². The maximum Gasteiger partial charge on any atom is 0.170 e. The molecule has 0 saturated heterocycles. The van der Waals surface area contributed by atoms with Crippen LogP contribution in [0.3, 0.4) is 0 Å². The predicted octanol–water partition coefficient (Wildman–Crippen LogP) is 3.43. The van der Waals surface area contributed by atoms with Crippen LogP contribution in [0.2, 0.25) is 0 Å². The SMILES string of the molecule is COc1cccc(NC(=S)NCCCN2CCc3ccccc32)c1. The molecule has 1 heterocycles. The third kappa shape index (κ3) is 4.17. The van der Waals surface area contributed by atoms with Crippen LogP contribution in [0, 0.1) is 0 Å². The maximum atomic E-state index is 5.35. The molecule has 1 aliphatic rings. The van der Waals surface area contributed by atoms with Crippen molar-refractivity contribution in [1.82, 2.24) is 5.32 Å². The molecular formula is C19H23N3OS. The Kier molecular flexibility index (Phi) is 5.54. The number of anilines is 2. The second-order valence-corrected chi connectivity index (χ2v) is 6.24. The Hall–Kier alpha value is -2.27. The van der Waals surface area contributed by atoms with E-state index in [9.17, 15) is 0 Å². The number of thiocarbonyl (C=S) groups is 1. The topological polar surface area (TPSA) is 36.5 Å². The lowest BCUT2D eigenvalue weighted by atomic mass is 10.2. The molecule has 126 valence electrons. The van der Waals surface area contributed by atoms with Crippen LogP contribution in [-0.2, 0) is 6.42 Å². The zero-order chi connectivity index (χ0) is 16.8. The first-order valence-electron chi connectivity index (χ1n) is 8.28. The Bertz CT molecular complexity index is 705. The number of hydrogen-bond acceptors (Lipinski definition) is 3. The number of methoxy groups -OCH3 is 1. The lowest BCUT2D eigenvalue weighted by molar-refractivity contribution is 0.415. The molecule has 2 N–H and O–H groups in total. The van der Waals surface area contributed by atoms with Crippen molar-refractivity contribution in [1.29, 1.82) is 0 Å². The van der Waals surface area contributed by atoms with Gasteiger partial charge in [0.1, 0.15) is 5.75 Å². The summed E-state index contributed by atoms with van der Waals surface area (Å²) in [7, 11) is 1.66. The van der Waals surface area contributed by atoms with Gasteiger partial charge in [-0.05, 0) is 48.8 Å². The van der Waals surface area contributed by atoms with Crippen LogP contribution in [-0.4, -0.2) is 31.9 Å². The Balaban J connectivity index is 1.40. The fraction of sp³-hybridized carbons (Fsp3) is 0.316. The molecule has 0 saturated carbocycles. The summed E-state index contributed by atoms with van der Waals surface area (Å²) in [5.74, 6) is 0.815. The van der Waals surface area contributed by atoms with E-state index in [0.717, 1.165) is 43.9 Å². The van der Waals surface area contributed by atoms with E-state index in [1.54, 1.807) is 7.11 Å². The maximum absolute atomic E-state index is 5.35. The average Bonchev–Trinajstić information content (AvgIpc) is 3.02. The third-order valence-electron chi connectivity index (χ3n) is 4.20. The molecule has 24 heavy (non-hydrogen) atoms. The van der Waals surface area contributed by atoms with E-state index in [-0.39, 0.29) is 0 Å². The first-order chi connectivity index (χ1) is 11.8. The van der Waals surface area contributed by atoms with Gasteiger partial charge in [0.15, 0.2) is 5.11 Å². The van der Waals surface area contributed by atoms with Gasteiger partial charge >= 0.3 is 0 Å². The number of para-hydroxylation sites is 1. The number of hydrogen-bond donors (Lipinski definition) is 2. The van der Waals surface area contributed by atoms with Gasteiger partial charge in [0.2, 0.25) is 0 Å². The van der Waals surface area contributed by atoms with Crippen molar-refractivity contribution in [2.24, 2.45) is 0 Å². The smallest absolute Gasteiger partial charge is 0.170 e. The van der Waals surface area contributed by atoms with Crippen LogP contribution >= 0.6 is 12.2 Å². The van der Waals surface area contributed by atoms with E-state index in [2.05, 4.69) is 39.8 Å². The molecule has 3 rings (SSSR count). The van der Waals surface area contributed by atoms with Gasteiger partial charge in [-0.1, -0.05) is 24.3 Å². The standard InChI is InChI=1S/C19H23N3OS/c1-23-17-8-4-7-16(14-17)21-19(24)20-11-5-12-22-13-10-15-6-2-3-9-18(15)22/h2-4,6-9,14H,5,10-13H2,1H3,(H2,20,21,24). The summed E-state index contributed by atoms with van der Waals surface area (Å²) in [6.45, 7) is 3.02. The summed E-state index contributed by atoms with van der Waals surface area (Å²) in [4.78, 5) is 2.45. The van der Waals surface area contributed by atoms with Crippen LogP contribution < -0.4 is 20.3 Å². The van der Waals surface area contributed by atoms with Crippen molar-refractivity contribution >= 4 is 28.7 Å². The van der Waals surface area contributed by atoms with Gasteiger partial charge in [-0.2, -0.15) is 0 Å². The van der Waals surface area contributed by atoms with E-state index in [1.807, 2.05) is 24.3 Å². The van der Waals surface area contributed by atoms with Crippen molar-refractivity contribution in [3.63, 3.8) is 0 Å². The molecule has 0 aliphatic carbocycles. The zero-order valence-corrected chi connectivity index (χ0v) is 14.7. The summed E-state index contributed by atoms with van der Waals surface area (Å²) in [5.41, 5.74) is 3.77. The van der Waals surface area contributed by atoms with Crippen molar-refractivity contribution in [3.05, 3.63) is 54.1 Å². The largest absolute Gasteiger partial charge is 0.497 e. The highest BCUT2D eigenvalue weighted by Crippen LogP contribution is 2.27. The first-order valence-corrected chi connectivity index (χ1v) is 8.69. The van der Waals surface area contributed by atoms with Crippen LogP contribution in [0.4, 0.5) is 11.4 Å². The van der Waals surface area contributed by atoms with Crippen LogP contribution in [0.15, 0.2) is 48.5 Å². The summed E-state index contributed by atoms with van der Waals surface area (Å²) in [6.07, 6.45) is 2.20. The van der Waals surface area contributed by atoms with E-state index < -0.39 is 0 Å². The van der Waals surface area contributed by atoms with Crippen molar-refractivity contribution in [3.8, 4) is 5.75 Å². The van der Waals surface area contributed by atoms with Gasteiger partial charge in [-0.3, -0.25) is 0 Å². The Morgan fingerprint density at radius 3 is 2.96 bits per heavy atom. The van der Waals surface area contributed by atoms with Gasteiger partial charge in [0, 0.05) is 37.1 Å². The number of fused-ring (bicyclic) bond motifs is 1. The molecule has 4 nitrogen and oxygen atoms in total. The number of ether oxygens (including phenoxy) is 1. The number of nitrogens with one attached hydrogen (secondary N) is 2. The molecule has 0 aromatic heterocycles. The van der Waals surface area contributed by atoms with Gasteiger partial charge in [-0.15, -0.1) is 0 Å². The molecule has 1 aliphatic heterocycles. The summed E-state index contributed by atoms with van der Waals surface area (Å²) < 4.78 is 5.21. The van der Waals surface area contributed by atoms with E-state index in [4.69, 9.17) is 17.0 Å². The number of nitrogens with zero attached hydrogens (tertiary/aromatic N) is 1. The van der Waals surface area contributed by atoms with Gasteiger partial charge in [-0.25, -0.2) is 0 Å². The van der Waals surface area contributed by atoms with Crippen LogP contribution in [0.5, 0.6) is 5.75 Å². The minimum Gasteiger partial charge on any atom is -0.497 e. The monoisotopic (exact) mass is 341 g/mol. The lowest BCUT2D eigenvalue weighted by Gasteiger charge is -2.19. The van der Waals surface area contributed by atoms with Gasteiger partial charge in [0.05, 0.1) is 7.11 Å². The zero-order valence-electron chi connectivity index (χ0n) is 13.9.